The van der Waals surface area contributed by atoms with Gasteiger partial charge in [-0.2, -0.15) is 13.2 Å². The lowest BCUT2D eigenvalue weighted by molar-refractivity contribution is -0.892. The third-order valence-corrected chi connectivity index (χ3v) is 5.22. The Hall–Kier alpha value is -1.96. The maximum Gasteiger partial charge on any atom is 0.416 e. The molecule has 9 heteroatoms. The van der Waals surface area contributed by atoms with E-state index < -0.39 is 11.7 Å². The molecule has 1 fully saturated rings. The molecule has 28 heavy (non-hydrogen) atoms. The first kappa shape index (κ1) is 20.8. The number of anilines is 2. The molecule has 3 rings (SSSR count). The predicted molar refractivity (Wildman–Crippen MR) is 104 cm³/mol. The van der Waals surface area contributed by atoms with E-state index in [0.29, 0.717) is 5.02 Å². The van der Waals surface area contributed by atoms with Gasteiger partial charge in [-0.3, -0.25) is 4.79 Å². The number of alkyl halides is 3. The van der Waals surface area contributed by atoms with Crippen molar-refractivity contribution < 1.29 is 22.9 Å². The van der Waals surface area contributed by atoms with Gasteiger partial charge in [-0.25, -0.2) is 0 Å². The van der Waals surface area contributed by atoms with Crippen LogP contribution in [-0.4, -0.2) is 38.6 Å². The van der Waals surface area contributed by atoms with Gasteiger partial charge < -0.3 is 15.1 Å². The molecule has 0 unspecified atom stereocenters. The molecule has 1 amide bonds. The van der Waals surface area contributed by atoms with E-state index in [4.69, 9.17) is 23.2 Å². The minimum Gasteiger partial charge on any atom is -0.360 e. The second-order valence-corrected chi connectivity index (χ2v) is 7.47. The highest BCUT2D eigenvalue weighted by Crippen LogP contribution is 2.33. The van der Waals surface area contributed by atoms with Crippen LogP contribution < -0.4 is 15.1 Å². The standard InChI is InChI=1S/C19H18Cl2F3N3O/c20-14-2-4-15(5-3-14)27-9-7-26(8-10-27)12-18(28)25-17-11-13(19(22,23)24)1-6-16(17)21/h1-6,11H,7-10,12H2,(H,25,28)/p+1. The van der Waals surface area contributed by atoms with Gasteiger partial charge in [-0.15, -0.1) is 0 Å². The van der Waals surface area contributed by atoms with E-state index in [9.17, 15) is 18.0 Å². The fourth-order valence-corrected chi connectivity index (χ4v) is 3.42. The van der Waals surface area contributed by atoms with E-state index in [-0.39, 0.29) is 23.2 Å². The van der Waals surface area contributed by atoms with Gasteiger partial charge in [0.25, 0.3) is 5.91 Å². The number of carbonyl (C=O) groups is 1. The minimum absolute atomic E-state index is 0.0271. The van der Waals surface area contributed by atoms with Crippen molar-refractivity contribution in [2.24, 2.45) is 0 Å². The maximum atomic E-state index is 12.8. The number of halogens is 5. The van der Waals surface area contributed by atoms with Crippen LogP contribution in [0.1, 0.15) is 5.56 Å². The van der Waals surface area contributed by atoms with E-state index in [0.717, 1.165) is 55.0 Å². The molecule has 2 aromatic rings. The average molecular weight is 433 g/mol. The SMILES string of the molecule is O=C(C[NH+]1CCN(c2ccc(Cl)cc2)CC1)Nc1cc(C(F)(F)F)ccc1Cl. The molecule has 1 aliphatic rings. The number of nitrogens with one attached hydrogen (secondary N) is 2. The van der Waals surface area contributed by atoms with Gasteiger partial charge in [0.1, 0.15) is 0 Å². The van der Waals surface area contributed by atoms with Crippen molar-refractivity contribution in [1.82, 2.24) is 0 Å². The molecule has 0 aliphatic carbocycles. The third-order valence-electron chi connectivity index (χ3n) is 4.64. The summed E-state index contributed by atoms with van der Waals surface area (Å²) < 4.78 is 38.5. The van der Waals surface area contributed by atoms with Crippen LogP contribution in [0.25, 0.3) is 0 Å². The monoisotopic (exact) mass is 432 g/mol. The number of hydrogen-bond acceptors (Lipinski definition) is 2. The summed E-state index contributed by atoms with van der Waals surface area (Å²) in [5, 5.41) is 3.25. The van der Waals surface area contributed by atoms with Crippen LogP contribution in [0.15, 0.2) is 42.5 Å². The highest BCUT2D eigenvalue weighted by Gasteiger charge is 2.31. The van der Waals surface area contributed by atoms with Crippen molar-refractivity contribution in [3.63, 3.8) is 0 Å². The zero-order valence-electron chi connectivity index (χ0n) is 14.8. The topological polar surface area (TPSA) is 36.8 Å². The number of quaternary nitrogens is 1. The molecule has 0 atom stereocenters. The van der Waals surface area contributed by atoms with Crippen molar-refractivity contribution in [3.05, 3.63) is 58.1 Å². The van der Waals surface area contributed by atoms with Gasteiger partial charge in [0.2, 0.25) is 0 Å². The summed E-state index contributed by atoms with van der Waals surface area (Å²) >= 11 is 11.8. The van der Waals surface area contributed by atoms with Crippen LogP contribution >= 0.6 is 23.2 Å². The van der Waals surface area contributed by atoms with Gasteiger partial charge in [-0.1, -0.05) is 23.2 Å². The number of benzene rings is 2. The Morgan fingerprint density at radius 2 is 1.71 bits per heavy atom. The van der Waals surface area contributed by atoms with Gasteiger partial charge in [0, 0.05) is 10.7 Å². The van der Waals surface area contributed by atoms with E-state index in [1.54, 1.807) is 0 Å². The van der Waals surface area contributed by atoms with Gasteiger partial charge in [0.05, 0.1) is 42.5 Å². The highest BCUT2D eigenvalue weighted by molar-refractivity contribution is 6.33. The van der Waals surface area contributed by atoms with Crippen molar-refractivity contribution in [2.75, 3.05) is 42.9 Å². The number of hydrogen-bond donors (Lipinski definition) is 2. The Bertz CT molecular complexity index is 835. The molecule has 1 saturated heterocycles. The lowest BCUT2D eigenvalue weighted by atomic mass is 10.2. The molecule has 4 nitrogen and oxygen atoms in total. The Morgan fingerprint density at radius 1 is 1.07 bits per heavy atom. The summed E-state index contributed by atoms with van der Waals surface area (Å²) in [6, 6.07) is 10.5. The van der Waals surface area contributed by atoms with Gasteiger partial charge in [0.15, 0.2) is 6.54 Å². The van der Waals surface area contributed by atoms with Crippen molar-refractivity contribution in [2.45, 2.75) is 6.18 Å². The molecule has 0 spiro atoms. The average Bonchev–Trinajstić information content (AvgIpc) is 2.64. The largest absolute Gasteiger partial charge is 0.416 e. The molecule has 1 heterocycles. The quantitative estimate of drug-likeness (QED) is 0.776. The molecule has 2 N–H and O–H groups in total. The molecule has 0 bridgehead atoms. The third kappa shape index (κ3) is 5.31. The molecular weight excluding hydrogens is 414 g/mol. The first-order chi connectivity index (χ1) is 13.2. The molecule has 0 saturated carbocycles. The Labute approximate surface area is 170 Å². The first-order valence-corrected chi connectivity index (χ1v) is 9.48. The summed E-state index contributed by atoms with van der Waals surface area (Å²) in [6.45, 7) is 3.20. The smallest absolute Gasteiger partial charge is 0.360 e. The van der Waals surface area contributed by atoms with Gasteiger partial charge in [-0.05, 0) is 42.5 Å². The van der Waals surface area contributed by atoms with Crippen molar-refractivity contribution in [1.29, 1.82) is 0 Å². The second-order valence-electron chi connectivity index (χ2n) is 6.63. The lowest BCUT2D eigenvalue weighted by Crippen LogP contribution is -3.15. The van der Waals surface area contributed by atoms with Crippen molar-refractivity contribution >= 4 is 40.5 Å². The Balaban J connectivity index is 1.54. The molecular formula is C19H19Cl2F3N3O+. The number of rotatable bonds is 4. The minimum atomic E-state index is -4.49. The van der Waals surface area contributed by atoms with Gasteiger partial charge >= 0.3 is 6.18 Å². The normalized spacial score (nSPS) is 15.5. The summed E-state index contributed by atoms with van der Waals surface area (Å²) in [5.41, 5.74) is 0.195. The molecule has 150 valence electrons. The van der Waals surface area contributed by atoms with Crippen LogP contribution in [0.2, 0.25) is 10.0 Å². The van der Waals surface area contributed by atoms with E-state index in [1.807, 2.05) is 24.3 Å². The summed E-state index contributed by atoms with van der Waals surface area (Å²) in [4.78, 5) is 15.6. The zero-order chi connectivity index (χ0) is 20.3. The highest BCUT2D eigenvalue weighted by atomic mass is 35.5. The Morgan fingerprint density at radius 3 is 2.32 bits per heavy atom. The number of carbonyl (C=O) groups excluding carboxylic acids is 1. The second kappa shape index (κ2) is 8.59. The van der Waals surface area contributed by atoms with E-state index in [1.165, 1.54) is 0 Å². The molecule has 0 aromatic heterocycles. The lowest BCUT2D eigenvalue weighted by Gasteiger charge is -2.33. The first-order valence-electron chi connectivity index (χ1n) is 8.73. The number of nitrogens with zero attached hydrogens (tertiary/aromatic N) is 1. The predicted octanol–water partition coefficient (Wildman–Crippen LogP) is 3.36. The number of amides is 1. The number of piperazine rings is 1. The van der Waals surface area contributed by atoms with Crippen LogP contribution in [0.4, 0.5) is 24.5 Å². The van der Waals surface area contributed by atoms with E-state index in [2.05, 4.69) is 10.2 Å². The van der Waals surface area contributed by atoms with Crippen LogP contribution in [-0.2, 0) is 11.0 Å². The van der Waals surface area contributed by atoms with Crippen LogP contribution in [0, 0.1) is 0 Å². The maximum absolute atomic E-state index is 12.8. The van der Waals surface area contributed by atoms with Crippen LogP contribution in [0.5, 0.6) is 0 Å². The van der Waals surface area contributed by atoms with Crippen molar-refractivity contribution in [3.8, 4) is 0 Å². The fourth-order valence-electron chi connectivity index (χ4n) is 3.13. The summed E-state index contributed by atoms with van der Waals surface area (Å²) in [7, 11) is 0. The molecule has 0 radical (unpaired) electrons. The fraction of sp³-hybridized carbons (Fsp3) is 0.316. The molecule has 1 aliphatic heterocycles. The molecule has 2 aromatic carbocycles. The van der Waals surface area contributed by atoms with E-state index >= 15 is 0 Å². The van der Waals surface area contributed by atoms with Crippen LogP contribution in [0.3, 0.4) is 0 Å². The summed E-state index contributed by atoms with van der Waals surface area (Å²) in [5.74, 6) is -0.365. The Kier molecular flexibility index (Phi) is 6.37. The summed E-state index contributed by atoms with van der Waals surface area (Å²) in [6.07, 6.45) is -4.49. The zero-order valence-corrected chi connectivity index (χ0v) is 16.3.